The Balaban J connectivity index is 4.00. The number of hydrogen-bond donors (Lipinski definition) is 5. The Labute approximate surface area is 93.3 Å². The van der Waals surface area contributed by atoms with Crippen molar-refractivity contribution in [3.63, 3.8) is 0 Å². The van der Waals surface area contributed by atoms with Gasteiger partial charge in [0.05, 0.1) is 18.1 Å². The lowest BCUT2D eigenvalue weighted by Crippen LogP contribution is -2.55. The van der Waals surface area contributed by atoms with Crippen LogP contribution >= 0.6 is 25.3 Å². The molecular formula is C6H14N4O2S2. The van der Waals surface area contributed by atoms with Crippen LogP contribution in [-0.4, -0.2) is 41.5 Å². The maximum absolute atomic E-state index is 10.9. The molecule has 0 saturated heterocycles. The first-order valence-corrected chi connectivity index (χ1v) is 5.18. The highest BCUT2D eigenvalue weighted by atomic mass is 32.1. The number of nitrogens with zero attached hydrogens (tertiary/aromatic N) is 1. The average molecular weight is 238 g/mol. The summed E-state index contributed by atoms with van der Waals surface area (Å²) < 4.78 is 0. The molecule has 8 heteroatoms. The summed E-state index contributed by atoms with van der Waals surface area (Å²) in [5, 5.41) is 1.22. The number of nitrogens with two attached hydrogens (primary N) is 1. The monoisotopic (exact) mass is 238 g/mol. The molecule has 0 aromatic rings. The van der Waals surface area contributed by atoms with E-state index in [2.05, 4.69) is 36.1 Å². The lowest BCUT2D eigenvalue weighted by atomic mass is 10.6. The highest BCUT2D eigenvalue weighted by molar-refractivity contribution is 7.81. The van der Waals surface area contributed by atoms with Crippen LogP contribution < -0.4 is 16.6 Å². The van der Waals surface area contributed by atoms with Crippen molar-refractivity contribution in [2.45, 2.75) is 0 Å². The number of carbonyl (C=O) groups is 2. The Morgan fingerprint density at radius 1 is 1.14 bits per heavy atom. The third-order valence-electron chi connectivity index (χ3n) is 1.16. The molecule has 0 aliphatic carbocycles. The van der Waals surface area contributed by atoms with Gasteiger partial charge in [-0.25, -0.2) is 0 Å². The minimum atomic E-state index is -0.318. The smallest absolute Gasteiger partial charge is 0.245 e. The van der Waals surface area contributed by atoms with Gasteiger partial charge >= 0.3 is 0 Å². The Hall–Kier alpha value is -0.440. The topological polar surface area (TPSA) is 87.5 Å². The second kappa shape index (κ2) is 7.92. The fourth-order valence-electron chi connectivity index (χ4n) is 0.641. The van der Waals surface area contributed by atoms with Crippen molar-refractivity contribution >= 4 is 37.1 Å². The maximum Gasteiger partial charge on any atom is 0.245 e. The largest absolute Gasteiger partial charge is 0.329 e. The number of hydrogen-bond acceptors (Lipinski definition) is 6. The van der Waals surface area contributed by atoms with E-state index in [0.717, 1.165) is 0 Å². The number of hydrazine groups is 2. The first kappa shape index (κ1) is 13.6. The molecule has 4 N–H and O–H groups in total. The Bertz CT molecular complexity index is 184. The van der Waals surface area contributed by atoms with Gasteiger partial charge in [0.1, 0.15) is 0 Å². The molecule has 0 aromatic heterocycles. The van der Waals surface area contributed by atoms with Gasteiger partial charge in [-0.1, -0.05) is 0 Å². The predicted molar refractivity (Wildman–Crippen MR) is 59.8 cm³/mol. The van der Waals surface area contributed by atoms with Gasteiger partial charge in [-0.15, -0.1) is 5.12 Å². The highest BCUT2D eigenvalue weighted by Gasteiger charge is 2.09. The van der Waals surface area contributed by atoms with E-state index in [1.807, 2.05) is 0 Å². The first-order chi connectivity index (χ1) is 6.63. The maximum atomic E-state index is 10.9. The number of amides is 2. The van der Waals surface area contributed by atoms with Gasteiger partial charge in [-0.05, 0) is 0 Å². The van der Waals surface area contributed by atoms with Crippen LogP contribution in [0.3, 0.4) is 0 Å². The van der Waals surface area contributed by atoms with Crippen molar-refractivity contribution in [3.05, 3.63) is 0 Å². The van der Waals surface area contributed by atoms with Gasteiger partial charge in [0.25, 0.3) is 0 Å². The summed E-state index contributed by atoms with van der Waals surface area (Å²) in [4.78, 5) is 21.9. The standard InChI is InChI=1S/C6H14N4O2S2/c7-1-2-10(8-5(11)3-13)9-6(12)4-14/h13-14H,1-4,7H2,(H,8,11)(H,9,12). The van der Waals surface area contributed by atoms with E-state index < -0.39 is 0 Å². The molecule has 0 aromatic carbocycles. The van der Waals surface area contributed by atoms with Crippen LogP contribution in [0, 0.1) is 0 Å². The summed E-state index contributed by atoms with van der Waals surface area (Å²) in [6.45, 7) is 0.624. The Morgan fingerprint density at radius 2 is 1.57 bits per heavy atom. The molecule has 0 aliphatic heterocycles. The molecule has 82 valence electrons. The van der Waals surface area contributed by atoms with Gasteiger partial charge < -0.3 is 5.73 Å². The molecule has 0 saturated carbocycles. The van der Waals surface area contributed by atoms with E-state index in [1.165, 1.54) is 5.12 Å². The predicted octanol–water partition coefficient (Wildman–Crippen LogP) is -1.83. The van der Waals surface area contributed by atoms with Gasteiger partial charge in [-0.2, -0.15) is 25.3 Å². The van der Waals surface area contributed by atoms with Gasteiger partial charge in [0, 0.05) is 6.54 Å². The van der Waals surface area contributed by atoms with Gasteiger partial charge in [-0.3, -0.25) is 20.4 Å². The minimum Gasteiger partial charge on any atom is -0.329 e. The van der Waals surface area contributed by atoms with E-state index in [-0.39, 0.29) is 23.3 Å². The average Bonchev–Trinajstić information content (AvgIpc) is 2.17. The lowest BCUT2D eigenvalue weighted by molar-refractivity contribution is -0.130. The first-order valence-electron chi connectivity index (χ1n) is 3.92. The summed E-state index contributed by atoms with van der Waals surface area (Å²) in [7, 11) is 0. The summed E-state index contributed by atoms with van der Waals surface area (Å²) in [6, 6.07) is 0. The molecule has 2 amide bonds. The molecule has 0 bridgehead atoms. The van der Waals surface area contributed by atoms with E-state index in [4.69, 9.17) is 5.73 Å². The molecule has 0 atom stereocenters. The zero-order valence-corrected chi connectivity index (χ0v) is 9.35. The van der Waals surface area contributed by atoms with E-state index in [9.17, 15) is 9.59 Å². The second-order valence-electron chi connectivity index (χ2n) is 2.33. The molecule has 0 heterocycles. The van der Waals surface area contributed by atoms with Crippen molar-refractivity contribution in [3.8, 4) is 0 Å². The molecule has 0 aliphatic rings. The Kier molecular flexibility index (Phi) is 7.67. The van der Waals surface area contributed by atoms with Crippen LogP contribution in [0.15, 0.2) is 0 Å². The summed E-state index contributed by atoms with van der Waals surface area (Å²) in [5.41, 5.74) is 10.1. The van der Waals surface area contributed by atoms with E-state index in [0.29, 0.717) is 13.1 Å². The minimum absolute atomic E-state index is 0.0395. The number of rotatable bonds is 6. The quantitative estimate of drug-likeness (QED) is 0.278. The molecule has 0 spiro atoms. The van der Waals surface area contributed by atoms with Crippen molar-refractivity contribution < 1.29 is 9.59 Å². The molecule has 14 heavy (non-hydrogen) atoms. The third kappa shape index (κ3) is 6.08. The van der Waals surface area contributed by atoms with Crippen LogP contribution in [0.1, 0.15) is 0 Å². The number of nitrogens with one attached hydrogen (secondary N) is 2. The Morgan fingerprint density at radius 3 is 1.86 bits per heavy atom. The van der Waals surface area contributed by atoms with Crippen LogP contribution in [0.2, 0.25) is 0 Å². The number of carbonyl (C=O) groups excluding carboxylic acids is 2. The summed E-state index contributed by atoms with van der Waals surface area (Å²) in [5.74, 6) is -0.558. The molecule has 0 radical (unpaired) electrons. The van der Waals surface area contributed by atoms with Crippen LogP contribution in [0.5, 0.6) is 0 Å². The fraction of sp³-hybridized carbons (Fsp3) is 0.667. The summed E-state index contributed by atoms with van der Waals surface area (Å²) >= 11 is 7.55. The highest BCUT2D eigenvalue weighted by Crippen LogP contribution is 1.81. The SMILES string of the molecule is NCCN(NC(=O)CS)NC(=O)CS. The zero-order chi connectivity index (χ0) is 11.0. The van der Waals surface area contributed by atoms with Crippen molar-refractivity contribution in [1.82, 2.24) is 16.0 Å². The van der Waals surface area contributed by atoms with E-state index in [1.54, 1.807) is 0 Å². The second-order valence-corrected chi connectivity index (χ2v) is 2.96. The van der Waals surface area contributed by atoms with Crippen molar-refractivity contribution in [2.75, 3.05) is 24.6 Å². The van der Waals surface area contributed by atoms with Crippen LogP contribution in [0.4, 0.5) is 0 Å². The summed E-state index contributed by atoms with van der Waals surface area (Å²) in [6.07, 6.45) is 0. The van der Waals surface area contributed by atoms with E-state index >= 15 is 0 Å². The fourth-order valence-corrected chi connectivity index (χ4v) is 0.782. The van der Waals surface area contributed by atoms with Crippen LogP contribution in [-0.2, 0) is 9.59 Å². The molecule has 6 nitrogen and oxygen atoms in total. The lowest BCUT2D eigenvalue weighted by Gasteiger charge is -2.22. The van der Waals surface area contributed by atoms with Crippen molar-refractivity contribution in [2.24, 2.45) is 5.73 Å². The molecular weight excluding hydrogens is 224 g/mol. The molecule has 0 rings (SSSR count). The normalized spacial score (nSPS) is 10.0. The van der Waals surface area contributed by atoms with Crippen LogP contribution in [0.25, 0.3) is 0 Å². The van der Waals surface area contributed by atoms with Crippen molar-refractivity contribution in [1.29, 1.82) is 0 Å². The number of thiol groups is 2. The van der Waals surface area contributed by atoms with Gasteiger partial charge in [0.2, 0.25) is 11.8 Å². The molecule has 0 fully saturated rings. The zero-order valence-electron chi connectivity index (χ0n) is 7.56. The van der Waals surface area contributed by atoms with Gasteiger partial charge in [0.15, 0.2) is 0 Å². The molecule has 0 unspecified atom stereocenters. The third-order valence-corrected chi connectivity index (χ3v) is 1.73.